The number of carbonyl (C=O) groups is 2. The summed E-state index contributed by atoms with van der Waals surface area (Å²) in [6.45, 7) is 0.377. The first-order chi connectivity index (χ1) is 13.7. The third-order valence-corrected chi connectivity index (χ3v) is 5.30. The second-order valence-electron chi connectivity index (χ2n) is 6.19. The first-order valence-corrected chi connectivity index (χ1v) is 9.59. The van der Waals surface area contributed by atoms with Crippen LogP contribution in [0, 0.1) is 0 Å². The van der Waals surface area contributed by atoms with E-state index in [1.54, 1.807) is 18.3 Å². The third-order valence-electron chi connectivity index (χ3n) is 4.21. The Hall–Kier alpha value is -3.38. The van der Waals surface area contributed by atoms with Crippen molar-refractivity contribution in [3.8, 4) is 0 Å². The molecule has 0 saturated carbocycles. The number of fused-ring (bicyclic) bond motifs is 1. The van der Waals surface area contributed by atoms with E-state index in [4.69, 9.17) is 0 Å². The predicted molar refractivity (Wildman–Crippen MR) is 111 cm³/mol. The number of nitrogens with zero attached hydrogens (tertiary/aromatic N) is 1. The van der Waals surface area contributed by atoms with Crippen LogP contribution in [0.4, 0.5) is 5.69 Å². The molecule has 0 bridgehead atoms. The van der Waals surface area contributed by atoms with Gasteiger partial charge in [0.25, 0.3) is 11.8 Å². The molecule has 0 saturated heterocycles. The molecule has 1 aliphatic heterocycles. The molecule has 5 nitrogen and oxygen atoms in total. The molecule has 0 radical (unpaired) electrons. The number of carbonyl (C=O) groups excluding carboxylic acids is 2. The second kappa shape index (κ2) is 8.10. The van der Waals surface area contributed by atoms with Gasteiger partial charge in [-0.1, -0.05) is 42.1 Å². The van der Waals surface area contributed by atoms with Crippen molar-refractivity contribution in [2.45, 2.75) is 11.4 Å². The van der Waals surface area contributed by atoms with Gasteiger partial charge in [-0.3, -0.25) is 14.6 Å². The number of para-hydroxylation sites is 1. The van der Waals surface area contributed by atoms with E-state index in [0.29, 0.717) is 17.0 Å². The van der Waals surface area contributed by atoms with Gasteiger partial charge in [0.15, 0.2) is 0 Å². The lowest BCUT2D eigenvalue weighted by Gasteiger charge is -2.18. The summed E-state index contributed by atoms with van der Waals surface area (Å²) in [5.41, 5.74) is 3.05. The number of rotatable bonds is 4. The Labute approximate surface area is 166 Å². The van der Waals surface area contributed by atoms with Crippen molar-refractivity contribution in [1.82, 2.24) is 10.3 Å². The number of pyridine rings is 1. The van der Waals surface area contributed by atoms with Gasteiger partial charge < -0.3 is 10.6 Å². The largest absolute Gasteiger partial charge is 0.346 e. The summed E-state index contributed by atoms with van der Waals surface area (Å²) < 4.78 is 0. The van der Waals surface area contributed by atoms with Crippen LogP contribution in [0.25, 0.3) is 6.08 Å². The van der Waals surface area contributed by atoms with Gasteiger partial charge in [0.05, 0.1) is 22.8 Å². The van der Waals surface area contributed by atoms with Crippen LogP contribution in [0.5, 0.6) is 0 Å². The fraction of sp³-hybridized carbons (Fsp3) is 0.0455. The molecule has 0 aliphatic carbocycles. The van der Waals surface area contributed by atoms with E-state index in [0.717, 1.165) is 21.8 Å². The van der Waals surface area contributed by atoms with Crippen LogP contribution in [0.15, 0.2) is 82.7 Å². The number of benzene rings is 2. The van der Waals surface area contributed by atoms with Crippen LogP contribution < -0.4 is 10.6 Å². The van der Waals surface area contributed by atoms with Crippen LogP contribution in [0.3, 0.4) is 0 Å². The van der Waals surface area contributed by atoms with Crippen molar-refractivity contribution in [3.63, 3.8) is 0 Å². The molecule has 1 aliphatic rings. The van der Waals surface area contributed by atoms with E-state index in [1.165, 1.54) is 11.8 Å². The summed E-state index contributed by atoms with van der Waals surface area (Å²) in [6, 6.07) is 20.4. The zero-order chi connectivity index (χ0) is 19.3. The normalized spacial score (nSPS) is 14.3. The van der Waals surface area contributed by atoms with Crippen LogP contribution in [0.2, 0.25) is 0 Å². The third kappa shape index (κ3) is 4.13. The van der Waals surface area contributed by atoms with Crippen molar-refractivity contribution in [3.05, 3.63) is 94.7 Å². The minimum atomic E-state index is -0.163. The molecular formula is C22H17N3O2S. The van der Waals surface area contributed by atoms with Gasteiger partial charge in [0.2, 0.25) is 0 Å². The molecule has 2 N–H and O–H groups in total. The molecule has 0 spiro atoms. The highest BCUT2D eigenvalue weighted by atomic mass is 32.2. The van der Waals surface area contributed by atoms with E-state index >= 15 is 0 Å². The molecule has 0 atom stereocenters. The average molecular weight is 387 g/mol. The molecule has 1 aromatic heterocycles. The van der Waals surface area contributed by atoms with Crippen LogP contribution in [-0.4, -0.2) is 16.8 Å². The van der Waals surface area contributed by atoms with Gasteiger partial charge in [-0.15, -0.1) is 0 Å². The highest BCUT2D eigenvalue weighted by molar-refractivity contribution is 8.04. The minimum Gasteiger partial charge on any atom is -0.346 e. The highest BCUT2D eigenvalue weighted by Gasteiger charge is 2.20. The number of amides is 2. The summed E-state index contributed by atoms with van der Waals surface area (Å²) >= 11 is 1.44. The fourth-order valence-electron chi connectivity index (χ4n) is 2.76. The van der Waals surface area contributed by atoms with Gasteiger partial charge in [-0.2, -0.15) is 0 Å². The first-order valence-electron chi connectivity index (χ1n) is 8.77. The number of aromatic nitrogens is 1. The van der Waals surface area contributed by atoms with Crippen LogP contribution >= 0.6 is 11.8 Å². The molecule has 6 heteroatoms. The maximum absolute atomic E-state index is 12.3. The molecule has 138 valence electrons. The number of thioether (sulfide) groups is 1. The monoisotopic (exact) mass is 387 g/mol. The van der Waals surface area contributed by atoms with Crippen LogP contribution in [-0.2, 0) is 11.3 Å². The van der Waals surface area contributed by atoms with Crippen molar-refractivity contribution >= 4 is 35.3 Å². The summed E-state index contributed by atoms with van der Waals surface area (Å²) in [6.07, 6.45) is 3.52. The van der Waals surface area contributed by atoms with Gasteiger partial charge in [-0.05, 0) is 48.0 Å². The molecule has 2 aromatic carbocycles. The summed E-state index contributed by atoms with van der Waals surface area (Å²) in [5, 5.41) is 5.74. The Morgan fingerprint density at radius 2 is 1.82 bits per heavy atom. The number of anilines is 1. The quantitative estimate of drug-likeness (QED) is 0.662. The lowest BCUT2D eigenvalue weighted by Crippen LogP contribution is -2.23. The molecular weight excluding hydrogens is 370 g/mol. The summed E-state index contributed by atoms with van der Waals surface area (Å²) in [4.78, 5) is 30.4. The second-order valence-corrected chi connectivity index (χ2v) is 7.27. The summed E-state index contributed by atoms with van der Waals surface area (Å²) in [7, 11) is 0. The van der Waals surface area contributed by atoms with Crippen LogP contribution in [0.1, 0.15) is 21.6 Å². The zero-order valence-corrected chi connectivity index (χ0v) is 15.7. The van der Waals surface area contributed by atoms with Gasteiger partial charge in [-0.25, -0.2) is 0 Å². The minimum absolute atomic E-state index is 0.124. The van der Waals surface area contributed by atoms with E-state index in [-0.39, 0.29) is 11.8 Å². The lowest BCUT2D eigenvalue weighted by atomic mass is 10.1. The topological polar surface area (TPSA) is 71.1 Å². The van der Waals surface area contributed by atoms with Crippen molar-refractivity contribution in [2.75, 3.05) is 5.32 Å². The van der Waals surface area contributed by atoms with E-state index in [2.05, 4.69) is 15.6 Å². The molecule has 2 heterocycles. The molecule has 2 amide bonds. The maximum atomic E-state index is 12.3. The molecule has 0 unspecified atom stereocenters. The Morgan fingerprint density at radius 3 is 2.61 bits per heavy atom. The fourth-order valence-corrected chi connectivity index (χ4v) is 3.71. The predicted octanol–water partition coefficient (Wildman–Crippen LogP) is 4.10. The van der Waals surface area contributed by atoms with E-state index in [9.17, 15) is 9.59 Å². The number of nitrogens with one attached hydrogen (secondary N) is 2. The molecule has 28 heavy (non-hydrogen) atoms. The van der Waals surface area contributed by atoms with E-state index < -0.39 is 0 Å². The van der Waals surface area contributed by atoms with Crippen molar-refractivity contribution < 1.29 is 9.59 Å². The van der Waals surface area contributed by atoms with Gasteiger partial charge in [0.1, 0.15) is 0 Å². The zero-order valence-electron chi connectivity index (χ0n) is 14.9. The Morgan fingerprint density at radius 1 is 1.04 bits per heavy atom. The average Bonchev–Trinajstić information content (AvgIpc) is 2.74. The molecule has 0 fully saturated rings. The van der Waals surface area contributed by atoms with Crippen molar-refractivity contribution in [1.29, 1.82) is 0 Å². The van der Waals surface area contributed by atoms with Crippen molar-refractivity contribution in [2.24, 2.45) is 0 Å². The standard InChI is InChI=1S/C22H17N3O2S/c26-21(24-14-17-5-3-4-12-23-17)16-10-8-15(9-11-16)13-20-22(27)25-18-6-1-2-7-19(18)28-20/h1-13H,14H2,(H,24,26)(H,25,27). The number of hydrogen-bond acceptors (Lipinski definition) is 4. The SMILES string of the molecule is O=C1Nc2ccccc2SC1=Cc1ccc(C(=O)NCc2ccccn2)cc1. The van der Waals surface area contributed by atoms with Gasteiger partial charge in [0, 0.05) is 16.7 Å². The lowest BCUT2D eigenvalue weighted by molar-refractivity contribution is -0.112. The molecule has 3 aromatic rings. The summed E-state index contributed by atoms with van der Waals surface area (Å²) in [5.74, 6) is -0.288. The Bertz CT molecular complexity index is 1050. The van der Waals surface area contributed by atoms with Gasteiger partial charge >= 0.3 is 0 Å². The molecule has 4 rings (SSSR count). The first kappa shape index (κ1) is 18.0. The maximum Gasteiger partial charge on any atom is 0.262 e. The smallest absolute Gasteiger partial charge is 0.262 e. The van der Waals surface area contributed by atoms with E-state index in [1.807, 2.05) is 60.7 Å². The highest BCUT2D eigenvalue weighted by Crippen LogP contribution is 2.38. The number of hydrogen-bond donors (Lipinski definition) is 2. The Balaban J connectivity index is 1.44. The Kier molecular flexibility index (Phi) is 5.21.